The maximum Gasteiger partial charge on any atom is 0.337 e. The first-order valence-electron chi connectivity index (χ1n) is 16.0. The normalized spacial score (nSPS) is 10.8. The van der Waals surface area contributed by atoms with Gasteiger partial charge < -0.3 is 29.3 Å². The summed E-state index contributed by atoms with van der Waals surface area (Å²) in [6, 6.07) is 17.6. The number of aromatic nitrogens is 2. The molecule has 0 spiro atoms. The van der Waals surface area contributed by atoms with Gasteiger partial charge >= 0.3 is 11.9 Å². The molecular formula is C39H34F2N2O8. The van der Waals surface area contributed by atoms with Crippen LogP contribution in [-0.4, -0.2) is 47.3 Å². The van der Waals surface area contributed by atoms with Crippen molar-refractivity contribution in [2.45, 2.75) is 26.7 Å². The summed E-state index contributed by atoms with van der Waals surface area (Å²) in [4.78, 5) is 54.0. The van der Waals surface area contributed by atoms with E-state index < -0.39 is 34.4 Å². The molecule has 0 saturated heterocycles. The average Bonchev–Trinajstić information content (AvgIpc) is 3.14. The van der Waals surface area contributed by atoms with Gasteiger partial charge in [-0.2, -0.15) is 0 Å². The zero-order valence-corrected chi connectivity index (χ0v) is 28.0. The lowest BCUT2D eigenvalue weighted by atomic mass is 10.0. The zero-order valence-electron chi connectivity index (χ0n) is 28.0. The van der Waals surface area contributed by atoms with Crippen LogP contribution in [0.2, 0.25) is 0 Å². The van der Waals surface area contributed by atoms with E-state index in [9.17, 15) is 28.0 Å². The van der Waals surface area contributed by atoms with Crippen molar-refractivity contribution in [1.29, 1.82) is 0 Å². The van der Waals surface area contributed by atoms with Gasteiger partial charge in [0.05, 0.1) is 53.3 Å². The first kappa shape index (κ1) is 36.0. The van der Waals surface area contributed by atoms with Crippen LogP contribution < -0.4 is 20.3 Å². The zero-order chi connectivity index (χ0) is 36.7. The molecule has 12 heteroatoms. The fraction of sp³-hybridized carbons (Fsp3) is 0.179. The average molecular weight is 697 g/mol. The minimum atomic E-state index is -1.05. The van der Waals surface area contributed by atoms with E-state index in [2.05, 4.69) is 14.7 Å². The third kappa shape index (κ3) is 7.64. The van der Waals surface area contributed by atoms with Crippen LogP contribution in [0.4, 0.5) is 8.78 Å². The number of hydrogen-bond donors (Lipinski definition) is 3. The Morgan fingerprint density at radius 1 is 0.647 bits per heavy atom. The van der Waals surface area contributed by atoms with Crippen molar-refractivity contribution in [3.63, 3.8) is 0 Å². The Balaban J connectivity index is 0.000000198. The number of fused-ring (bicyclic) bond motifs is 2. The third-order valence-electron chi connectivity index (χ3n) is 7.88. The van der Waals surface area contributed by atoms with E-state index >= 15 is 0 Å². The number of H-pyrrole nitrogens is 2. The van der Waals surface area contributed by atoms with Crippen LogP contribution in [0.3, 0.4) is 0 Å². The molecule has 6 aromatic rings. The summed E-state index contributed by atoms with van der Waals surface area (Å²) in [5.74, 6) is -1.91. The van der Waals surface area contributed by atoms with Crippen molar-refractivity contribution in [3.8, 4) is 33.8 Å². The highest BCUT2D eigenvalue weighted by molar-refractivity contribution is 5.92. The number of aromatic carboxylic acids is 1. The smallest absolute Gasteiger partial charge is 0.337 e. The van der Waals surface area contributed by atoms with Crippen LogP contribution in [0.15, 0.2) is 94.8 Å². The summed E-state index contributed by atoms with van der Waals surface area (Å²) in [6.45, 7) is 4.85. The minimum Gasteiger partial charge on any atom is -0.491 e. The van der Waals surface area contributed by atoms with Crippen molar-refractivity contribution < 1.29 is 37.7 Å². The van der Waals surface area contributed by atoms with Crippen LogP contribution in [0, 0.1) is 11.6 Å². The molecule has 3 N–H and O–H groups in total. The lowest BCUT2D eigenvalue weighted by molar-refractivity contribution is 0.0599. The summed E-state index contributed by atoms with van der Waals surface area (Å²) in [5, 5.41) is 8.83. The molecule has 4 aromatic carbocycles. The summed E-state index contributed by atoms with van der Waals surface area (Å²) in [5.41, 5.74) is 1.85. The molecule has 0 fully saturated rings. The predicted molar refractivity (Wildman–Crippen MR) is 190 cm³/mol. The molecule has 0 bridgehead atoms. The molecule has 0 radical (unpaired) electrons. The number of methoxy groups -OCH3 is 1. The number of aromatic amines is 2. The Hall–Kier alpha value is -6.30. The highest BCUT2D eigenvalue weighted by Crippen LogP contribution is 2.28. The number of halogens is 2. The third-order valence-corrected chi connectivity index (χ3v) is 7.88. The first-order chi connectivity index (χ1) is 24.6. The molecule has 0 atom stereocenters. The van der Waals surface area contributed by atoms with Crippen molar-refractivity contribution in [2.24, 2.45) is 0 Å². The molecule has 0 saturated carbocycles. The SMILES string of the molecule is CCCOc1ccc(F)c2c(=O)c(-c3ccc(C(=O)O)cc3)c[nH]c12.CCCOc1ccc(F)c2c(=O)c(-c3ccc(C(=O)OC)cc3)c[nH]c12. The quantitative estimate of drug-likeness (QED) is 0.123. The van der Waals surface area contributed by atoms with Crippen LogP contribution in [-0.2, 0) is 4.74 Å². The van der Waals surface area contributed by atoms with Gasteiger partial charge in [-0.05, 0) is 72.5 Å². The van der Waals surface area contributed by atoms with Gasteiger partial charge in [-0.25, -0.2) is 18.4 Å². The van der Waals surface area contributed by atoms with Gasteiger partial charge in [0.2, 0.25) is 0 Å². The van der Waals surface area contributed by atoms with Gasteiger partial charge in [0.15, 0.2) is 10.9 Å². The minimum absolute atomic E-state index is 0.0480. The van der Waals surface area contributed by atoms with Crippen molar-refractivity contribution in [1.82, 2.24) is 9.97 Å². The molecule has 262 valence electrons. The van der Waals surface area contributed by atoms with Crippen LogP contribution >= 0.6 is 0 Å². The number of pyridine rings is 2. The number of nitrogens with one attached hydrogen (secondary N) is 2. The van der Waals surface area contributed by atoms with E-state index in [1.165, 1.54) is 68.0 Å². The fourth-order valence-corrected chi connectivity index (χ4v) is 5.33. The molecule has 10 nitrogen and oxygen atoms in total. The number of carboxylic acid groups (broad SMARTS) is 1. The van der Waals surface area contributed by atoms with Crippen molar-refractivity contribution in [2.75, 3.05) is 20.3 Å². The number of carbonyl (C=O) groups is 2. The second kappa shape index (κ2) is 15.9. The summed E-state index contributed by atoms with van der Waals surface area (Å²) in [6.07, 6.45) is 4.60. The molecule has 0 unspecified atom stereocenters. The maximum atomic E-state index is 14.3. The van der Waals surface area contributed by atoms with Gasteiger partial charge in [-0.1, -0.05) is 38.1 Å². The van der Waals surface area contributed by atoms with E-state index in [0.717, 1.165) is 12.8 Å². The molecule has 6 rings (SSSR count). The second-order valence-electron chi connectivity index (χ2n) is 11.3. The Bertz CT molecular complexity index is 2330. The predicted octanol–water partition coefficient (Wildman–Crippen LogP) is 7.73. The standard InChI is InChI=1S/C20H18FNO4.C19H16FNO4/c1-3-10-26-16-9-8-15(21)17-18(16)22-11-14(19(17)23)12-4-6-13(7-5-12)20(24)25-2;1-2-9-25-15-8-7-14(20)16-17(15)21-10-13(18(16)22)11-3-5-12(6-4-11)19(23)24/h4-9,11H,3,10H2,1-2H3,(H,22,23);3-8,10H,2,9H2,1H3,(H,21,22)(H,23,24). The number of benzene rings is 4. The molecule has 2 heterocycles. The largest absolute Gasteiger partial charge is 0.491 e. The van der Waals surface area contributed by atoms with Crippen molar-refractivity contribution in [3.05, 3.63) is 128 Å². The molecule has 0 aliphatic carbocycles. The van der Waals surface area contributed by atoms with E-state index in [1.54, 1.807) is 24.3 Å². The van der Waals surface area contributed by atoms with Crippen LogP contribution in [0.5, 0.6) is 11.5 Å². The van der Waals surface area contributed by atoms with Crippen LogP contribution in [0.1, 0.15) is 47.4 Å². The number of rotatable bonds is 10. The second-order valence-corrected chi connectivity index (χ2v) is 11.3. The van der Waals surface area contributed by atoms with Gasteiger partial charge in [-0.15, -0.1) is 0 Å². The van der Waals surface area contributed by atoms with E-state index in [-0.39, 0.29) is 21.9 Å². The molecule has 0 aliphatic heterocycles. The van der Waals surface area contributed by atoms with Crippen LogP contribution in [0.25, 0.3) is 44.1 Å². The van der Waals surface area contributed by atoms with Gasteiger partial charge in [0.25, 0.3) is 0 Å². The first-order valence-corrected chi connectivity index (χ1v) is 16.0. The number of carboxylic acids is 1. The fourth-order valence-electron chi connectivity index (χ4n) is 5.33. The van der Waals surface area contributed by atoms with E-state index in [1.807, 2.05) is 13.8 Å². The summed E-state index contributed by atoms with van der Waals surface area (Å²) >= 11 is 0. The van der Waals surface area contributed by atoms with Gasteiger partial charge in [0, 0.05) is 23.5 Å². The number of carbonyl (C=O) groups excluding carboxylic acids is 1. The maximum absolute atomic E-state index is 14.3. The monoisotopic (exact) mass is 696 g/mol. The summed E-state index contributed by atoms with van der Waals surface area (Å²) in [7, 11) is 1.30. The number of esters is 1. The highest BCUT2D eigenvalue weighted by atomic mass is 19.1. The molecule has 0 amide bonds. The topological polar surface area (TPSA) is 148 Å². The lowest BCUT2D eigenvalue weighted by Gasteiger charge is -2.10. The lowest BCUT2D eigenvalue weighted by Crippen LogP contribution is -2.10. The van der Waals surface area contributed by atoms with Gasteiger partial charge in [-0.3, -0.25) is 9.59 Å². The number of hydrogen-bond acceptors (Lipinski definition) is 7. The van der Waals surface area contributed by atoms with E-state index in [0.29, 0.717) is 58.0 Å². The Morgan fingerprint density at radius 2 is 1.06 bits per heavy atom. The van der Waals surface area contributed by atoms with E-state index in [4.69, 9.17) is 14.6 Å². The molecule has 2 aromatic heterocycles. The van der Waals surface area contributed by atoms with Crippen molar-refractivity contribution >= 4 is 33.7 Å². The molecular weight excluding hydrogens is 662 g/mol. The molecule has 0 aliphatic rings. The highest BCUT2D eigenvalue weighted by Gasteiger charge is 2.17. The Labute approximate surface area is 290 Å². The van der Waals surface area contributed by atoms with Gasteiger partial charge in [0.1, 0.15) is 23.1 Å². The molecule has 51 heavy (non-hydrogen) atoms. The Kier molecular flexibility index (Phi) is 11.2. The summed E-state index contributed by atoms with van der Waals surface area (Å²) < 4.78 is 44.4. The Morgan fingerprint density at radius 3 is 1.43 bits per heavy atom. The number of ether oxygens (including phenoxy) is 3.